The Balaban J connectivity index is 1.82. The van der Waals surface area contributed by atoms with Gasteiger partial charge in [-0.15, -0.1) is 0 Å². The van der Waals surface area contributed by atoms with Crippen LogP contribution in [-0.2, 0) is 0 Å². The largest absolute Gasteiger partial charge is 0.248 e. The van der Waals surface area contributed by atoms with Crippen LogP contribution in [0.5, 0.6) is 0 Å². The third-order valence-corrected chi connectivity index (χ3v) is 4.76. The Hall–Kier alpha value is -0.280. The minimum atomic E-state index is -2.48. The quantitative estimate of drug-likeness (QED) is 0.610. The average molecular weight is 266 g/mol. The Morgan fingerprint density at radius 3 is 2.22 bits per heavy atom. The predicted molar refractivity (Wildman–Crippen MR) is 63.0 cm³/mol. The summed E-state index contributed by atoms with van der Waals surface area (Å²) >= 11 is 0. The zero-order valence-corrected chi connectivity index (χ0v) is 10.7. The van der Waals surface area contributed by atoms with E-state index < -0.39 is 12.3 Å². The highest BCUT2D eigenvalue weighted by molar-refractivity contribution is 4.85. The molecule has 2 atom stereocenters. The van der Waals surface area contributed by atoms with Crippen LogP contribution in [0.3, 0.4) is 0 Å². The topological polar surface area (TPSA) is 0 Å². The van der Waals surface area contributed by atoms with Crippen molar-refractivity contribution in [1.82, 2.24) is 0 Å². The zero-order chi connectivity index (χ0) is 13.2. The Labute approximate surface area is 106 Å². The van der Waals surface area contributed by atoms with Crippen LogP contribution in [0.4, 0.5) is 17.6 Å². The van der Waals surface area contributed by atoms with Gasteiger partial charge in [0.1, 0.15) is 0 Å². The maximum atomic E-state index is 13.1. The van der Waals surface area contributed by atoms with E-state index in [4.69, 9.17) is 0 Å². The Morgan fingerprint density at radius 2 is 1.61 bits per heavy atom. The van der Waals surface area contributed by atoms with Crippen molar-refractivity contribution in [1.29, 1.82) is 0 Å². The molecule has 0 nitrogen and oxygen atoms in total. The van der Waals surface area contributed by atoms with Gasteiger partial charge in [0.05, 0.1) is 0 Å². The third-order valence-electron chi connectivity index (χ3n) is 4.76. The number of halogens is 4. The van der Waals surface area contributed by atoms with Crippen molar-refractivity contribution < 1.29 is 17.6 Å². The first kappa shape index (κ1) is 14.1. The summed E-state index contributed by atoms with van der Waals surface area (Å²) in [6.45, 7) is 0. The van der Waals surface area contributed by atoms with Crippen molar-refractivity contribution in [3.63, 3.8) is 0 Å². The Kier molecular flexibility index (Phi) is 4.54. The van der Waals surface area contributed by atoms with Gasteiger partial charge < -0.3 is 0 Å². The fourth-order valence-electron chi connectivity index (χ4n) is 3.76. The molecule has 0 aromatic rings. The van der Waals surface area contributed by atoms with Crippen LogP contribution in [-0.4, -0.2) is 12.3 Å². The Morgan fingerprint density at radius 1 is 0.944 bits per heavy atom. The van der Waals surface area contributed by atoms with Gasteiger partial charge in [0.25, 0.3) is 0 Å². The summed E-state index contributed by atoms with van der Waals surface area (Å²) < 4.78 is 51.0. The molecule has 0 aliphatic heterocycles. The molecular weight excluding hydrogens is 244 g/mol. The molecule has 0 aromatic carbocycles. The number of rotatable bonds is 3. The highest BCUT2D eigenvalue weighted by Gasteiger charge is 2.38. The first-order valence-corrected chi connectivity index (χ1v) is 7.12. The maximum Gasteiger partial charge on any atom is 0.248 e. The summed E-state index contributed by atoms with van der Waals surface area (Å²) in [6, 6.07) is 0. The lowest BCUT2D eigenvalue weighted by Crippen LogP contribution is -2.31. The lowest BCUT2D eigenvalue weighted by atomic mass is 9.69. The van der Waals surface area contributed by atoms with Crippen molar-refractivity contribution in [2.45, 2.75) is 70.1 Å². The summed E-state index contributed by atoms with van der Waals surface area (Å²) in [5.41, 5.74) is 0. The molecule has 2 aliphatic rings. The van der Waals surface area contributed by atoms with E-state index >= 15 is 0 Å². The monoisotopic (exact) mass is 266 g/mol. The lowest BCUT2D eigenvalue weighted by Gasteiger charge is -2.38. The summed E-state index contributed by atoms with van der Waals surface area (Å²) in [5, 5.41) is 0. The summed E-state index contributed by atoms with van der Waals surface area (Å²) in [7, 11) is 0. The lowest BCUT2D eigenvalue weighted by molar-refractivity contribution is -0.0561. The minimum absolute atomic E-state index is 0.000615. The highest BCUT2D eigenvalue weighted by atomic mass is 19.3. The SMILES string of the molecule is FC(F)C[C@H]1CCCC(C2CCC(F)(F)CC2)C1. The van der Waals surface area contributed by atoms with Gasteiger partial charge in [-0.3, -0.25) is 0 Å². The molecule has 0 saturated heterocycles. The number of alkyl halides is 4. The van der Waals surface area contributed by atoms with Crippen molar-refractivity contribution >= 4 is 0 Å². The second kappa shape index (κ2) is 5.79. The zero-order valence-electron chi connectivity index (χ0n) is 10.7. The fourth-order valence-corrected chi connectivity index (χ4v) is 3.76. The predicted octanol–water partition coefficient (Wildman–Crippen LogP) is 5.27. The van der Waals surface area contributed by atoms with Gasteiger partial charge in [0, 0.05) is 19.3 Å². The molecule has 0 spiro atoms. The van der Waals surface area contributed by atoms with Gasteiger partial charge in [-0.05, 0) is 37.0 Å². The second-order valence-corrected chi connectivity index (χ2v) is 6.11. The van der Waals surface area contributed by atoms with Crippen molar-refractivity contribution in [3.8, 4) is 0 Å². The molecule has 0 heterocycles. The van der Waals surface area contributed by atoms with Gasteiger partial charge in [0.15, 0.2) is 0 Å². The van der Waals surface area contributed by atoms with Gasteiger partial charge in [-0.1, -0.05) is 19.3 Å². The molecule has 2 saturated carbocycles. The molecule has 106 valence electrons. The molecule has 0 amide bonds. The maximum absolute atomic E-state index is 13.1. The van der Waals surface area contributed by atoms with Gasteiger partial charge in [-0.2, -0.15) is 0 Å². The van der Waals surface area contributed by atoms with Gasteiger partial charge >= 0.3 is 0 Å². The van der Waals surface area contributed by atoms with Crippen LogP contribution in [0.1, 0.15) is 57.8 Å². The van der Waals surface area contributed by atoms with Gasteiger partial charge in [-0.25, -0.2) is 17.6 Å². The summed E-state index contributed by atoms with van der Waals surface area (Å²) in [4.78, 5) is 0. The molecular formula is C14H22F4. The van der Waals surface area contributed by atoms with E-state index in [1.165, 1.54) is 0 Å². The minimum Gasteiger partial charge on any atom is -0.211 e. The summed E-state index contributed by atoms with van der Waals surface area (Å²) in [5.74, 6) is -1.59. The van der Waals surface area contributed by atoms with E-state index in [1.54, 1.807) is 0 Å². The summed E-state index contributed by atoms with van der Waals surface area (Å²) in [6.07, 6.45) is 2.71. The molecule has 0 bridgehead atoms. The molecule has 0 radical (unpaired) electrons. The molecule has 18 heavy (non-hydrogen) atoms. The van der Waals surface area contributed by atoms with Crippen LogP contribution >= 0.6 is 0 Å². The molecule has 0 aromatic heterocycles. The van der Waals surface area contributed by atoms with Crippen LogP contribution in [0.15, 0.2) is 0 Å². The standard InChI is InChI=1S/C14H22F4/c15-13(16)9-10-2-1-3-12(8-10)11-4-6-14(17,18)7-5-11/h10-13H,1-9H2/t10-,12?/m0/s1. The van der Waals surface area contributed by atoms with Crippen LogP contribution < -0.4 is 0 Å². The second-order valence-electron chi connectivity index (χ2n) is 6.11. The van der Waals surface area contributed by atoms with E-state index in [2.05, 4.69) is 0 Å². The third kappa shape index (κ3) is 3.86. The highest BCUT2D eigenvalue weighted by Crippen LogP contribution is 2.45. The van der Waals surface area contributed by atoms with Crippen LogP contribution in [0.25, 0.3) is 0 Å². The van der Waals surface area contributed by atoms with Gasteiger partial charge in [0.2, 0.25) is 12.3 Å². The molecule has 0 N–H and O–H groups in total. The van der Waals surface area contributed by atoms with E-state index in [-0.39, 0.29) is 25.2 Å². The van der Waals surface area contributed by atoms with Crippen LogP contribution in [0.2, 0.25) is 0 Å². The van der Waals surface area contributed by atoms with E-state index in [9.17, 15) is 17.6 Å². The van der Waals surface area contributed by atoms with E-state index in [0.29, 0.717) is 24.7 Å². The first-order valence-electron chi connectivity index (χ1n) is 7.12. The molecule has 2 aliphatic carbocycles. The molecule has 2 fully saturated rings. The molecule has 1 unspecified atom stereocenters. The fraction of sp³-hybridized carbons (Fsp3) is 1.00. The molecule has 2 rings (SSSR count). The smallest absolute Gasteiger partial charge is 0.211 e. The average Bonchev–Trinajstić information content (AvgIpc) is 2.28. The van der Waals surface area contributed by atoms with Crippen LogP contribution in [0, 0.1) is 17.8 Å². The number of hydrogen-bond acceptors (Lipinski definition) is 0. The Bertz CT molecular complexity index is 255. The van der Waals surface area contributed by atoms with Crippen molar-refractivity contribution in [2.24, 2.45) is 17.8 Å². The first-order chi connectivity index (χ1) is 8.46. The van der Waals surface area contributed by atoms with E-state index in [0.717, 1.165) is 25.7 Å². The van der Waals surface area contributed by atoms with E-state index in [1.807, 2.05) is 0 Å². The van der Waals surface area contributed by atoms with Crippen molar-refractivity contribution in [3.05, 3.63) is 0 Å². The number of hydrogen-bond donors (Lipinski definition) is 0. The molecule has 4 heteroatoms. The van der Waals surface area contributed by atoms with Crippen molar-refractivity contribution in [2.75, 3.05) is 0 Å². The normalized spacial score (nSPS) is 33.8.